The first kappa shape index (κ1) is 44.3. The predicted octanol–water partition coefficient (Wildman–Crippen LogP) is 5.33. The van der Waals surface area contributed by atoms with E-state index in [9.17, 15) is 23.7 Å². The van der Waals surface area contributed by atoms with E-state index in [4.69, 9.17) is 21.3 Å². The summed E-state index contributed by atoms with van der Waals surface area (Å²) in [6.45, 7) is 9.49. The molecule has 4 amide bonds. The van der Waals surface area contributed by atoms with Crippen molar-refractivity contribution in [1.82, 2.24) is 30.0 Å². The van der Waals surface area contributed by atoms with Gasteiger partial charge >= 0.3 is 0 Å². The van der Waals surface area contributed by atoms with Gasteiger partial charge in [-0.3, -0.25) is 29.4 Å². The van der Waals surface area contributed by atoms with Gasteiger partial charge in [0.25, 0.3) is 5.91 Å². The maximum Gasteiger partial charge on any atom is 0.255 e. The van der Waals surface area contributed by atoms with Crippen LogP contribution in [0, 0.1) is 0 Å². The van der Waals surface area contributed by atoms with Gasteiger partial charge in [-0.05, 0) is 62.8 Å². The molecule has 2 N–H and O–H groups in total. The second kappa shape index (κ2) is 19.2. The topological polar surface area (TPSA) is 157 Å². The summed E-state index contributed by atoms with van der Waals surface area (Å²) < 4.78 is 18.8. The summed E-state index contributed by atoms with van der Waals surface area (Å²) in [7, 11) is -0.790. The number of imide groups is 1. The highest BCUT2D eigenvalue weighted by molar-refractivity contribution is 7.70. The Morgan fingerprint density at radius 3 is 2.46 bits per heavy atom. The molecule has 5 heterocycles. The summed E-state index contributed by atoms with van der Waals surface area (Å²) in [5.41, 5.74) is 6.01. The number of carbonyl (C=O) groups is 4. The lowest BCUT2D eigenvalue weighted by atomic mass is 10.0. The van der Waals surface area contributed by atoms with Crippen LogP contribution in [0.2, 0.25) is 5.02 Å². The fourth-order valence-corrected chi connectivity index (χ4v) is 10.9. The van der Waals surface area contributed by atoms with Crippen LogP contribution in [-0.4, -0.2) is 127 Å². The van der Waals surface area contributed by atoms with Crippen molar-refractivity contribution >= 4 is 59.1 Å². The number of hydrogen-bond acceptors (Lipinski definition) is 11. The van der Waals surface area contributed by atoms with Gasteiger partial charge in [-0.15, -0.1) is 0 Å². The van der Waals surface area contributed by atoms with Gasteiger partial charge in [-0.25, -0.2) is 9.97 Å². The molecular weight excluding hydrogens is 839 g/mol. The van der Waals surface area contributed by atoms with E-state index in [0.717, 1.165) is 91.2 Å². The Kier molecular flexibility index (Phi) is 13.5. The fraction of sp³-hybridized carbons (Fsp3) is 0.447. The Bertz CT molecular complexity index is 2430. The van der Waals surface area contributed by atoms with Gasteiger partial charge < -0.3 is 29.3 Å². The molecular formula is C47H56ClN8O6P. The van der Waals surface area contributed by atoms with E-state index >= 15 is 0 Å². The molecule has 16 heteroatoms. The number of amides is 4. The average molecular weight is 895 g/mol. The number of piperidine rings is 2. The van der Waals surface area contributed by atoms with Crippen LogP contribution in [0.1, 0.15) is 77.1 Å². The van der Waals surface area contributed by atoms with E-state index in [0.29, 0.717) is 73.3 Å². The molecule has 1 unspecified atom stereocenters. The highest BCUT2D eigenvalue weighted by Gasteiger charge is 2.40. The molecule has 3 fully saturated rings. The molecule has 8 rings (SSSR count). The van der Waals surface area contributed by atoms with Crippen molar-refractivity contribution in [1.29, 1.82) is 0 Å². The van der Waals surface area contributed by atoms with Crippen LogP contribution >= 0.6 is 18.7 Å². The molecule has 0 spiro atoms. The van der Waals surface area contributed by atoms with Crippen LogP contribution in [0.25, 0.3) is 0 Å². The molecule has 332 valence electrons. The zero-order chi connectivity index (χ0) is 44.3. The molecule has 3 aromatic carbocycles. The summed E-state index contributed by atoms with van der Waals surface area (Å²) in [6.07, 6.45) is 6.32. The molecule has 0 aliphatic carbocycles. The highest BCUT2D eigenvalue weighted by atomic mass is 35.5. The van der Waals surface area contributed by atoms with Gasteiger partial charge in [0.15, 0.2) is 0 Å². The molecule has 3 saturated heterocycles. The van der Waals surface area contributed by atoms with Crippen molar-refractivity contribution < 1.29 is 28.5 Å². The number of fused-ring (bicyclic) bond motifs is 1. The molecule has 4 aromatic rings. The van der Waals surface area contributed by atoms with Crippen LogP contribution < -0.4 is 25.6 Å². The third kappa shape index (κ3) is 10.1. The van der Waals surface area contributed by atoms with Crippen molar-refractivity contribution in [2.75, 3.05) is 76.5 Å². The first-order valence-corrected chi connectivity index (χ1v) is 24.9. The number of nitrogens with zero attached hydrogens (tertiary/aromatic N) is 6. The average Bonchev–Trinajstić information content (AvgIpc) is 3.62. The zero-order valence-corrected chi connectivity index (χ0v) is 37.9. The van der Waals surface area contributed by atoms with Crippen LogP contribution in [0.4, 0.5) is 11.4 Å². The van der Waals surface area contributed by atoms with Gasteiger partial charge in [-0.2, -0.15) is 0 Å². The highest BCUT2D eigenvalue weighted by Crippen LogP contribution is 2.37. The zero-order valence-electron chi connectivity index (χ0n) is 36.3. The smallest absolute Gasteiger partial charge is 0.255 e. The number of methoxy groups -OCH3 is 1. The van der Waals surface area contributed by atoms with Crippen LogP contribution in [0.15, 0.2) is 66.9 Å². The lowest BCUT2D eigenvalue weighted by Crippen LogP contribution is -2.54. The second-order valence-corrected chi connectivity index (χ2v) is 20.9. The number of rotatable bonds is 14. The number of anilines is 2. The lowest BCUT2D eigenvalue weighted by Gasteiger charge is -2.43. The lowest BCUT2D eigenvalue weighted by molar-refractivity contribution is -0.137. The molecule has 0 bridgehead atoms. The fourth-order valence-electron chi connectivity index (χ4n) is 9.46. The maximum atomic E-state index is 13.2. The summed E-state index contributed by atoms with van der Waals surface area (Å²) in [6, 6.07) is 19.5. The van der Waals surface area contributed by atoms with Gasteiger partial charge in [0.05, 0.1) is 17.8 Å². The monoisotopic (exact) mass is 894 g/mol. The van der Waals surface area contributed by atoms with Gasteiger partial charge in [0, 0.05) is 130 Å². The van der Waals surface area contributed by atoms with E-state index in [1.807, 2.05) is 41.3 Å². The molecule has 0 radical (unpaired) electrons. The molecule has 0 saturated carbocycles. The molecule has 4 aliphatic rings. The predicted molar refractivity (Wildman–Crippen MR) is 245 cm³/mol. The van der Waals surface area contributed by atoms with E-state index in [-0.39, 0.29) is 24.1 Å². The molecule has 63 heavy (non-hydrogen) atoms. The van der Waals surface area contributed by atoms with Crippen LogP contribution in [-0.2, 0) is 38.3 Å². The Labute approximate surface area is 374 Å². The number of ether oxygens (including phenoxy) is 1. The molecule has 14 nitrogen and oxygen atoms in total. The maximum absolute atomic E-state index is 13.2. The third-order valence-corrected chi connectivity index (χ3v) is 14.8. The Morgan fingerprint density at radius 1 is 0.937 bits per heavy atom. The van der Waals surface area contributed by atoms with E-state index < -0.39 is 19.1 Å². The Hall–Kier alpha value is -5.30. The number of nitrogens with one attached hydrogen (secondary N) is 2. The number of piperazine rings is 1. The van der Waals surface area contributed by atoms with Crippen LogP contribution in [0.5, 0.6) is 5.75 Å². The van der Waals surface area contributed by atoms with Crippen molar-refractivity contribution in [3.05, 3.63) is 106 Å². The van der Waals surface area contributed by atoms with Crippen molar-refractivity contribution in [2.24, 2.45) is 0 Å². The number of carbonyl (C=O) groups excluding carboxylic acids is 4. The third-order valence-electron chi connectivity index (χ3n) is 12.9. The number of benzene rings is 3. The Balaban J connectivity index is 0.776. The van der Waals surface area contributed by atoms with Crippen molar-refractivity contribution in [2.45, 2.75) is 70.0 Å². The van der Waals surface area contributed by atoms with E-state index in [2.05, 4.69) is 43.6 Å². The normalized spacial score (nSPS) is 18.7. The van der Waals surface area contributed by atoms with Crippen molar-refractivity contribution in [3.8, 4) is 5.75 Å². The quantitative estimate of drug-likeness (QED) is 0.0958. The van der Waals surface area contributed by atoms with Crippen molar-refractivity contribution in [3.63, 3.8) is 0 Å². The number of halogens is 1. The van der Waals surface area contributed by atoms with E-state index in [1.54, 1.807) is 37.6 Å². The summed E-state index contributed by atoms with van der Waals surface area (Å²) in [5, 5.41) is 7.10. The van der Waals surface area contributed by atoms with Gasteiger partial charge in [-0.1, -0.05) is 48.0 Å². The minimum absolute atomic E-state index is 0.163. The largest absolute Gasteiger partial charge is 0.496 e. The molecule has 1 atom stereocenters. The summed E-state index contributed by atoms with van der Waals surface area (Å²) in [5.74, 6) is 0.659. The summed E-state index contributed by atoms with van der Waals surface area (Å²) in [4.78, 5) is 68.4. The number of aromatic nitrogens is 2. The minimum atomic E-state index is -2.48. The van der Waals surface area contributed by atoms with E-state index in [1.165, 1.54) is 0 Å². The standard InChI is InChI=1S/C47H56ClN8O6P/c1-62-41-28-34(14-13-31(41)27-43-50-29-37(48)39(51-43)26-32-8-4-5-11-42(32)63(2,3)61)53-20-17-33(18-21-53)54-22-24-55(25-23-54)45(58)12-7-19-49-38-10-6-9-35-36(38)30-56(47(35)60)40-15-16-44(57)52-46(40)59/h4-6,8-11,13-14,28-29,33,40,49H,7,12,15-27,30H2,1-3H3,(H,52,57,59). The SMILES string of the molecule is COc1cc(N2CCC(N3CCN(C(=O)CCCNc4cccc5c4CN(C4CCC(=O)NC4=O)C5=O)CC3)CC2)ccc1Cc1ncc(Cl)c(Cc2ccccc2P(C)(C)=O)n1. The first-order chi connectivity index (χ1) is 30.4. The first-order valence-electron chi connectivity index (χ1n) is 21.9. The minimum Gasteiger partial charge on any atom is -0.496 e. The Morgan fingerprint density at radius 2 is 1.71 bits per heavy atom. The molecule has 1 aromatic heterocycles. The van der Waals surface area contributed by atoms with Crippen LogP contribution in [0.3, 0.4) is 0 Å². The summed E-state index contributed by atoms with van der Waals surface area (Å²) >= 11 is 6.57. The van der Waals surface area contributed by atoms with Gasteiger partial charge in [0.1, 0.15) is 24.8 Å². The van der Waals surface area contributed by atoms with Gasteiger partial charge in [0.2, 0.25) is 17.7 Å². The number of hydrogen-bond donors (Lipinski definition) is 2. The molecule has 4 aliphatic heterocycles. The second-order valence-electron chi connectivity index (χ2n) is 17.3.